The first kappa shape index (κ1) is 24.2. The maximum atomic E-state index is 4.01. The number of benzene rings is 1. The van der Waals surface area contributed by atoms with E-state index < -0.39 is 0 Å². The Balaban J connectivity index is 0.00000576. The maximum Gasteiger partial charge on any atom is 0.0507 e. The zero-order valence-corrected chi connectivity index (χ0v) is 17.5. The third-order valence-corrected chi connectivity index (χ3v) is 4.85. The van der Waals surface area contributed by atoms with Crippen LogP contribution in [0.3, 0.4) is 0 Å². The molecule has 1 nitrogen and oxygen atoms in total. The number of hydrogen-bond donors (Lipinski definition) is 1. The van der Waals surface area contributed by atoms with Crippen LogP contribution in [0.15, 0.2) is 43.0 Å². The molecular weight excluding hydrogens is 326 g/mol. The summed E-state index contributed by atoms with van der Waals surface area (Å²) in [7, 11) is 0. The molecule has 25 heavy (non-hydrogen) atoms. The van der Waals surface area contributed by atoms with E-state index in [9.17, 15) is 0 Å². The Morgan fingerprint density at radius 3 is 1.96 bits per heavy atom. The van der Waals surface area contributed by atoms with Crippen LogP contribution >= 0.6 is 12.4 Å². The molecule has 0 saturated carbocycles. The van der Waals surface area contributed by atoms with E-state index in [1.165, 1.54) is 69.8 Å². The maximum absolute atomic E-state index is 4.01. The summed E-state index contributed by atoms with van der Waals surface area (Å²) >= 11 is 0. The molecule has 2 heteroatoms. The molecule has 1 atom stereocenters. The van der Waals surface area contributed by atoms with Gasteiger partial charge in [-0.05, 0) is 25.8 Å². The molecule has 0 fully saturated rings. The molecule has 0 aliphatic carbocycles. The van der Waals surface area contributed by atoms with Crippen molar-refractivity contribution in [2.24, 2.45) is 0 Å². The van der Waals surface area contributed by atoms with Crippen molar-refractivity contribution in [1.82, 2.24) is 5.32 Å². The molecule has 0 spiro atoms. The third kappa shape index (κ3) is 11.4. The Morgan fingerprint density at radius 2 is 1.44 bits per heavy atom. The average molecular weight is 366 g/mol. The van der Waals surface area contributed by atoms with Crippen LogP contribution in [0.5, 0.6) is 0 Å². The van der Waals surface area contributed by atoms with Gasteiger partial charge in [0.25, 0.3) is 0 Å². The minimum absolute atomic E-state index is 0. The van der Waals surface area contributed by atoms with Crippen LogP contribution in [0, 0.1) is 0 Å². The summed E-state index contributed by atoms with van der Waals surface area (Å²) in [6.07, 6.45) is 15.8. The fraction of sp³-hybridized carbons (Fsp3) is 0.652. The number of unbranched alkanes of at least 4 members (excludes halogenated alkanes) is 8. The quantitative estimate of drug-likeness (QED) is 0.264. The Hall–Kier alpha value is -0.790. The lowest BCUT2D eigenvalue weighted by molar-refractivity contribution is 0.327. The Morgan fingerprint density at radius 1 is 0.920 bits per heavy atom. The molecule has 1 aromatic rings. The summed E-state index contributed by atoms with van der Waals surface area (Å²) in [5, 5.41) is 3.77. The van der Waals surface area contributed by atoms with Gasteiger partial charge in [-0.1, -0.05) is 101 Å². The molecule has 0 heterocycles. The van der Waals surface area contributed by atoms with Gasteiger partial charge in [0.2, 0.25) is 0 Å². The molecule has 0 bridgehead atoms. The van der Waals surface area contributed by atoms with E-state index in [-0.39, 0.29) is 24.0 Å². The van der Waals surface area contributed by atoms with Crippen molar-refractivity contribution in [2.75, 3.05) is 0 Å². The van der Waals surface area contributed by atoms with Crippen LogP contribution in [-0.4, -0.2) is 5.54 Å². The fourth-order valence-corrected chi connectivity index (χ4v) is 3.31. The lowest BCUT2D eigenvalue weighted by atomic mass is 9.93. The summed E-state index contributed by atoms with van der Waals surface area (Å²) in [5.74, 6) is 0. The molecule has 1 aromatic carbocycles. The SMILES string of the molecule is C=CC(NC(C)(C)CCCCCCCCCCC)c1ccccc1.Cl. The number of halogens is 1. The van der Waals surface area contributed by atoms with Crippen LogP contribution in [0.25, 0.3) is 0 Å². The van der Waals surface area contributed by atoms with Gasteiger partial charge in [0, 0.05) is 5.54 Å². The second-order valence-electron chi connectivity index (χ2n) is 7.73. The van der Waals surface area contributed by atoms with Crippen LogP contribution in [0.2, 0.25) is 0 Å². The first-order valence-electron chi connectivity index (χ1n) is 10.0. The predicted octanol–water partition coefficient (Wildman–Crippen LogP) is 7.62. The van der Waals surface area contributed by atoms with Crippen molar-refractivity contribution in [3.05, 3.63) is 48.6 Å². The van der Waals surface area contributed by atoms with Crippen molar-refractivity contribution < 1.29 is 0 Å². The van der Waals surface area contributed by atoms with Gasteiger partial charge in [0.05, 0.1) is 6.04 Å². The van der Waals surface area contributed by atoms with E-state index in [0.717, 1.165) is 0 Å². The molecule has 1 rings (SSSR count). The second-order valence-corrected chi connectivity index (χ2v) is 7.73. The molecule has 0 aromatic heterocycles. The summed E-state index contributed by atoms with van der Waals surface area (Å²) in [6, 6.07) is 10.8. The summed E-state index contributed by atoms with van der Waals surface area (Å²) in [5.41, 5.74) is 1.45. The summed E-state index contributed by atoms with van der Waals surface area (Å²) < 4.78 is 0. The van der Waals surface area contributed by atoms with Gasteiger partial charge in [-0.2, -0.15) is 0 Å². The van der Waals surface area contributed by atoms with E-state index in [4.69, 9.17) is 0 Å². The molecule has 0 amide bonds. The van der Waals surface area contributed by atoms with Crippen LogP contribution in [0.1, 0.15) is 96.6 Å². The van der Waals surface area contributed by atoms with Crippen molar-refractivity contribution in [2.45, 2.75) is 96.6 Å². The van der Waals surface area contributed by atoms with Gasteiger partial charge in [-0.3, -0.25) is 0 Å². The van der Waals surface area contributed by atoms with Crippen molar-refractivity contribution >= 4 is 12.4 Å². The predicted molar refractivity (Wildman–Crippen MR) is 116 cm³/mol. The highest BCUT2D eigenvalue weighted by atomic mass is 35.5. The standard InChI is InChI=1S/C23H39N.ClH/c1-5-7-8-9-10-11-12-13-17-20-23(3,4)24-22(6-2)21-18-15-14-16-19-21;/h6,14-16,18-19,22,24H,2,5,7-13,17,20H2,1,3-4H3;1H. The van der Waals surface area contributed by atoms with E-state index in [0.29, 0.717) is 0 Å². The smallest absolute Gasteiger partial charge is 0.0507 e. The van der Waals surface area contributed by atoms with Gasteiger partial charge in [0.1, 0.15) is 0 Å². The second kappa shape index (κ2) is 14.4. The Bertz CT molecular complexity index is 427. The molecule has 0 aliphatic heterocycles. The van der Waals surface area contributed by atoms with Gasteiger partial charge < -0.3 is 5.32 Å². The highest BCUT2D eigenvalue weighted by molar-refractivity contribution is 5.85. The molecule has 1 N–H and O–H groups in total. The van der Waals surface area contributed by atoms with Crippen LogP contribution < -0.4 is 5.32 Å². The minimum atomic E-state index is 0. The molecular formula is C23H40ClN. The summed E-state index contributed by atoms with van der Waals surface area (Å²) in [4.78, 5) is 0. The average Bonchev–Trinajstić information content (AvgIpc) is 2.59. The number of nitrogens with one attached hydrogen (secondary N) is 1. The van der Waals surface area contributed by atoms with Crippen LogP contribution in [-0.2, 0) is 0 Å². The van der Waals surface area contributed by atoms with Gasteiger partial charge >= 0.3 is 0 Å². The number of rotatable bonds is 14. The highest BCUT2D eigenvalue weighted by Crippen LogP contribution is 2.22. The largest absolute Gasteiger partial charge is 0.302 e. The molecule has 144 valence electrons. The van der Waals surface area contributed by atoms with Gasteiger partial charge in [-0.25, -0.2) is 0 Å². The van der Waals surface area contributed by atoms with E-state index in [1.54, 1.807) is 0 Å². The zero-order valence-electron chi connectivity index (χ0n) is 16.7. The summed E-state index contributed by atoms with van der Waals surface area (Å²) in [6.45, 7) is 10.9. The first-order valence-corrected chi connectivity index (χ1v) is 10.0. The van der Waals surface area contributed by atoms with Gasteiger partial charge in [0.15, 0.2) is 0 Å². The topological polar surface area (TPSA) is 12.0 Å². The third-order valence-electron chi connectivity index (χ3n) is 4.85. The monoisotopic (exact) mass is 365 g/mol. The van der Waals surface area contributed by atoms with E-state index in [2.05, 4.69) is 63.0 Å². The normalized spacial score (nSPS) is 12.4. The van der Waals surface area contributed by atoms with Crippen molar-refractivity contribution in [3.8, 4) is 0 Å². The minimum Gasteiger partial charge on any atom is -0.302 e. The van der Waals surface area contributed by atoms with Crippen molar-refractivity contribution in [3.63, 3.8) is 0 Å². The molecule has 1 unspecified atom stereocenters. The zero-order chi connectivity index (χ0) is 17.7. The van der Waals surface area contributed by atoms with Crippen LogP contribution in [0.4, 0.5) is 0 Å². The first-order chi connectivity index (χ1) is 11.6. The number of hydrogen-bond acceptors (Lipinski definition) is 1. The molecule has 0 aliphatic rings. The Labute approximate surface area is 163 Å². The molecule has 0 radical (unpaired) electrons. The van der Waals surface area contributed by atoms with Crippen molar-refractivity contribution in [1.29, 1.82) is 0 Å². The lowest BCUT2D eigenvalue weighted by Crippen LogP contribution is -2.41. The highest BCUT2D eigenvalue weighted by Gasteiger charge is 2.20. The Kier molecular flexibility index (Phi) is 13.9. The van der Waals surface area contributed by atoms with Gasteiger partial charge in [-0.15, -0.1) is 19.0 Å². The molecule has 0 saturated heterocycles. The van der Waals surface area contributed by atoms with E-state index in [1.807, 2.05) is 6.08 Å². The lowest BCUT2D eigenvalue weighted by Gasteiger charge is -2.31. The fourth-order valence-electron chi connectivity index (χ4n) is 3.31. The van der Waals surface area contributed by atoms with E-state index >= 15 is 0 Å².